The van der Waals surface area contributed by atoms with Crippen LogP contribution in [0.5, 0.6) is 5.88 Å². The fraction of sp³-hybridized carbons (Fsp3) is 0.515. The van der Waals surface area contributed by atoms with Crippen molar-refractivity contribution in [3.05, 3.63) is 47.3 Å². The first-order chi connectivity index (χ1) is 21.3. The average molecular weight is 598 g/mol. The lowest BCUT2D eigenvalue weighted by atomic mass is 9.97. The third-order valence-electron chi connectivity index (χ3n) is 10.3. The van der Waals surface area contributed by atoms with Crippen molar-refractivity contribution in [2.45, 2.75) is 76.7 Å². The second-order valence-electron chi connectivity index (χ2n) is 13.1. The summed E-state index contributed by atoms with van der Waals surface area (Å²) in [4.78, 5) is 38.5. The second kappa shape index (κ2) is 10.3. The third-order valence-corrected chi connectivity index (χ3v) is 10.3. The summed E-state index contributed by atoms with van der Waals surface area (Å²) in [6, 6.07) is 10.0. The van der Waals surface area contributed by atoms with Gasteiger partial charge in [0.15, 0.2) is 5.88 Å². The number of nitrogens with one attached hydrogen (secondary N) is 1. The number of aryl methyl sites for hydroxylation is 1. The van der Waals surface area contributed by atoms with Gasteiger partial charge in [-0.2, -0.15) is 0 Å². The van der Waals surface area contributed by atoms with Gasteiger partial charge in [-0.3, -0.25) is 14.0 Å². The van der Waals surface area contributed by atoms with Crippen LogP contribution in [-0.2, 0) is 16.1 Å². The minimum absolute atomic E-state index is 0.00402. The van der Waals surface area contributed by atoms with Crippen LogP contribution in [0.2, 0.25) is 0 Å². The summed E-state index contributed by atoms with van der Waals surface area (Å²) in [7, 11) is 1.63. The molecule has 3 aliphatic heterocycles. The largest absolute Gasteiger partial charge is 0.482 e. The van der Waals surface area contributed by atoms with E-state index in [1.54, 1.807) is 7.11 Å². The molecule has 4 bridgehead atoms. The predicted octanol–water partition coefficient (Wildman–Crippen LogP) is 3.61. The number of carbonyl (C=O) groups is 2. The van der Waals surface area contributed by atoms with E-state index in [2.05, 4.69) is 22.0 Å². The Hall–Kier alpha value is -3.96. The van der Waals surface area contributed by atoms with Crippen LogP contribution in [0, 0.1) is 18.8 Å². The van der Waals surface area contributed by atoms with Gasteiger partial charge in [0.1, 0.15) is 17.0 Å². The molecule has 0 spiro atoms. The van der Waals surface area contributed by atoms with Gasteiger partial charge in [0.25, 0.3) is 5.91 Å². The topological polar surface area (TPSA) is 129 Å². The lowest BCUT2D eigenvalue weighted by molar-refractivity contribution is -0.122. The van der Waals surface area contributed by atoms with Gasteiger partial charge in [0.2, 0.25) is 5.91 Å². The Balaban J connectivity index is 1.23. The van der Waals surface area contributed by atoms with E-state index in [1.807, 2.05) is 41.3 Å². The Kier molecular flexibility index (Phi) is 6.46. The molecule has 0 aromatic carbocycles. The van der Waals surface area contributed by atoms with E-state index < -0.39 is 0 Å². The highest BCUT2D eigenvalue weighted by Crippen LogP contribution is 2.43. The fourth-order valence-corrected chi connectivity index (χ4v) is 7.82. The summed E-state index contributed by atoms with van der Waals surface area (Å²) >= 11 is 0. The average Bonchev–Trinajstić information content (AvgIpc) is 3.27. The first-order valence-electron chi connectivity index (χ1n) is 15.8. The van der Waals surface area contributed by atoms with E-state index in [0.29, 0.717) is 48.6 Å². The molecule has 4 aromatic rings. The zero-order chi connectivity index (χ0) is 30.3. The van der Waals surface area contributed by atoms with E-state index in [-0.39, 0.29) is 36.0 Å². The summed E-state index contributed by atoms with van der Waals surface area (Å²) in [6.07, 6.45) is 4.26. The van der Waals surface area contributed by atoms with Gasteiger partial charge in [0, 0.05) is 54.7 Å². The monoisotopic (exact) mass is 597 g/mol. The molecule has 230 valence electrons. The molecule has 1 aliphatic carbocycles. The van der Waals surface area contributed by atoms with Crippen LogP contribution < -0.4 is 15.8 Å². The second-order valence-corrected chi connectivity index (χ2v) is 13.1. The summed E-state index contributed by atoms with van der Waals surface area (Å²) in [5.74, 6) is 1.45. The molecule has 0 radical (unpaired) electrons. The van der Waals surface area contributed by atoms with Gasteiger partial charge in [0.05, 0.1) is 36.8 Å². The van der Waals surface area contributed by atoms with Gasteiger partial charge in [-0.05, 0) is 75.6 Å². The number of hydrogen-bond acceptors (Lipinski definition) is 7. The summed E-state index contributed by atoms with van der Waals surface area (Å²) < 4.78 is 16.0. The SMILES string of the molecule is COc1cc(C(=O)N2[C@H]3CC[C@@H]2[C@H](N)C3)cc2nc(-c3cc4ccc5nc4n3C[C@H]3C[C@@H]3COCCC(=O)N[C@@H]5C)c(C)n12. The molecule has 2 amide bonds. The smallest absolute Gasteiger partial charge is 0.254 e. The molecular formula is C33H39N7O4. The number of ether oxygens (including phenoxy) is 2. The highest BCUT2D eigenvalue weighted by Gasteiger charge is 2.47. The number of methoxy groups -OCH3 is 1. The van der Waals surface area contributed by atoms with Gasteiger partial charge >= 0.3 is 0 Å². The standard InChI is InChI=1S/C33H39N7O4/c1-17-25-6-4-19-11-27(38(32(19)36-25)15-21-10-22(21)16-44-9-8-29(41)35-17)31-18(2)39-28(37-31)12-20(13-30(39)43-3)33(42)40-23-5-7-26(40)24(34)14-23/h4,6,11-13,17,21-24,26H,5,7-10,14-16,34H2,1-3H3,(H,35,41)/t17-,21-,22-,23+,24-,26-/m1/s1. The van der Waals surface area contributed by atoms with Crippen LogP contribution in [0.4, 0.5) is 0 Å². The highest BCUT2D eigenvalue weighted by molar-refractivity contribution is 5.97. The predicted molar refractivity (Wildman–Crippen MR) is 164 cm³/mol. The van der Waals surface area contributed by atoms with E-state index in [0.717, 1.165) is 66.0 Å². The van der Waals surface area contributed by atoms with Crippen molar-refractivity contribution < 1.29 is 19.1 Å². The molecule has 4 aliphatic rings. The number of aromatic nitrogens is 4. The van der Waals surface area contributed by atoms with Crippen molar-refractivity contribution in [1.82, 2.24) is 29.2 Å². The molecule has 3 fully saturated rings. The van der Waals surface area contributed by atoms with E-state index >= 15 is 0 Å². The molecule has 11 nitrogen and oxygen atoms in total. The number of carbonyl (C=O) groups excluding carboxylic acids is 2. The van der Waals surface area contributed by atoms with Gasteiger partial charge in [-0.1, -0.05) is 0 Å². The molecular weight excluding hydrogens is 558 g/mol. The van der Waals surface area contributed by atoms with Gasteiger partial charge in [-0.25, -0.2) is 9.97 Å². The fourth-order valence-electron chi connectivity index (χ4n) is 7.82. The molecule has 2 saturated heterocycles. The Morgan fingerprint density at radius 1 is 1.14 bits per heavy atom. The normalized spacial score (nSPS) is 28.4. The van der Waals surface area contributed by atoms with Crippen molar-refractivity contribution >= 4 is 28.5 Å². The van der Waals surface area contributed by atoms with Crippen LogP contribution in [0.3, 0.4) is 0 Å². The van der Waals surface area contributed by atoms with Crippen LogP contribution in [0.25, 0.3) is 28.1 Å². The Bertz CT molecular complexity index is 1810. The Labute approximate surface area is 255 Å². The highest BCUT2D eigenvalue weighted by atomic mass is 16.5. The molecule has 3 N–H and O–H groups in total. The lowest BCUT2D eigenvalue weighted by Gasteiger charge is -2.23. The number of pyridine rings is 2. The first kappa shape index (κ1) is 27.6. The first-order valence-corrected chi connectivity index (χ1v) is 15.8. The number of hydrogen-bond donors (Lipinski definition) is 2. The number of nitrogens with two attached hydrogens (primary N) is 1. The molecule has 1 saturated carbocycles. The third kappa shape index (κ3) is 4.39. The molecule has 8 rings (SSSR count). The molecule has 6 atom stereocenters. The van der Waals surface area contributed by atoms with Crippen molar-refractivity contribution in [3.63, 3.8) is 0 Å². The van der Waals surface area contributed by atoms with Crippen molar-refractivity contribution in [2.24, 2.45) is 17.6 Å². The number of rotatable bonds is 3. The van der Waals surface area contributed by atoms with Gasteiger partial charge < -0.3 is 30.0 Å². The van der Waals surface area contributed by atoms with Crippen LogP contribution in [0.15, 0.2) is 30.3 Å². The number of imidazole rings is 1. The maximum atomic E-state index is 13.8. The van der Waals surface area contributed by atoms with E-state index in [9.17, 15) is 9.59 Å². The zero-order valence-corrected chi connectivity index (χ0v) is 25.5. The van der Waals surface area contributed by atoms with Crippen LogP contribution in [-0.4, -0.2) is 74.1 Å². The summed E-state index contributed by atoms with van der Waals surface area (Å²) in [5.41, 5.74) is 12.0. The zero-order valence-electron chi connectivity index (χ0n) is 25.5. The molecule has 44 heavy (non-hydrogen) atoms. The quantitative estimate of drug-likeness (QED) is 0.369. The van der Waals surface area contributed by atoms with Crippen LogP contribution >= 0.6 is 0 Å². The number of nitrogens with zero attached hydrogens (tertiary/aromatic N) is 5. The Morgan fingerprint density at radius 2 is 2.00 bits per heavy atom. The van der Waals surface area contributed by atoms with Gasteiger partial charge in [-0.15, -0.1) is 0 Å². The maximum absolute atomic E-state index is 13.8. The Morgan fingerprint density at radius 3 is 2.77 bits per heavy atom. The van der Waals surface area contributed by atoms with Crippen molar-refractivity contribution in [1.29, 1.82) is 0 Å². The summed E-state index contributed by atoms with van der Waals surface area (Å²) in [6.45, 7) is 5.88. The van der Waals surface area contributed by atoms with Crippen molar-refractivity contribution in [3.8, 4) is 17.3 Å². The molecule has 11 heteroatoms. The molecule has 0 unspecified atom stereocenters. The van der Waals surface area contributed by atoms with Crippen molar-refractivity contribution in [2.75, 3.05) is 20.3 Å². The van der Waals surface area contributed by atoms with E-state index in [4.69, 9.17) is 25.2 Å². The summed E-state index contributed by atoms with van der Waals surface area (Å²) in [5, 5.41) is 4.08. The molecule has 4 aromatic heterocycles. The maximum Gasteiger partial charge on any atom is 0.254 e. The minimum Gasteiger partial charge on any atom is -0.482 e. The number of amides is 2. The number of fused-ring (bicyclic) bond motifs is 5. The lowest BCUT2D eigenvalue weighted by Crippen LogP contribution is -2.40. The van der Waals surface area contributed by atoms with Crippen LogP contribution in [0.1, 0.15) is 66.8 Å². The minimum atomic E-state index is -0.229. The molecule has 7 heterocycles. The van der Waals surface area contributed by atoms with E-state index in [1.165, 1.54) is 0 Å².